The highest BCUT2D eigenvalue weighted by molar-refractivity contribution is 6.75. The lowest BCUT2D eigenvalue weighted by Gasteiger charge is -1.80. The highest BCUT2D eigenvalue weighted by atomic mass is 25.3. The van der Waals surface area contributed by atoms with Gasteiger partial charge in [0.2, 0.25) is 0 Å². The molecule has 0 saturated carbocycles. The smallest absolute Gasteiger partial charge is 0.396 e. The van der Waals surface area contributed by atoms with Gasteiger partial charge in [0.15, 0.2) is 0 Å². The Morgan fingerprint density at radius 1 is 1.27 bits per heavy atom. The van der Waals surface area contributed by atoms with Crippen molar-refractivity contribution in [2.24, 2.45) is 0 Å². The summed E-state index contributed by atoms with van der Waals surface area (Å²) >= 11 is 3.78. The molecule has 0 aromatic heterocycles. The Kier molecular flexibility index (Phi) is 37.4. The van der Waals surface area contributed by atoms with Crippen LogP contribution in [0, 0.1) is 0 Å². The Hall–Kier alpha value is 1.45. The summed E-state index contributed by atoms with van der Waals surface area (Å²) in [6, 6.07) is 0. The number of hydrogen-bond donors (Lipinski definition) is 2. The maximum atomic E-state index is 8.07. The Labute approximate surface area is 92.1 Å². The summed E-state index contributed by atoms with van der Waals surface area (Å²) in [5.41, 5.74) is 0. The molecule has 0 saturated heterocycles. The molecule has 11 heavy (non-hydrogen) atoms. The molecule has 0 aliphatic rings. The maximum Gasteiger partial charge on any atom is 2.00 e. The number of hydrogen-bond acceptors (Lipinski definition) is 2. The van der Waals surface area contributed by atoms with E-state index in [9.17, 15) is 0 Å². The topological polar surface area (TPSA) is 40.5 Å². The number of aliphatic hydroxyl groups is 2. The number of unbranched alkanes of at least 4 members (excludes halogenated alkanes) is 1. The highest BCUT2D eigenvalue weighted by Crippen LogP contribution is 1.78. The first-order valence-corrected chi connectivity index (χ1v) is 7.94. The lowest BCUT2D eigenvalue weighted by atomic mass is 10.4. The molecule has 0 bridgehead atoms. The van der Waals surface area contributed by atoms with Crippen molar-refractivity contribution in [2.75, 3.05) is 6.61 Å². The number of rotatable bonds is 2. The zero-order valence-electron chi connectivity index (χ0n) is 8.01. The zero-order valence-corrected chi connectivity index (χ0v) is 10.8. The van der Waals surface area contributed by atoms with E-state index in [1.54, 1.807) is 13.8 Å². The molecule has 0 heterocycles. The molecule has 4 heteroatoms. The van der Waals surface area contributed by atoms with Gasteiger partial charge in [-0.3, -0.25) is 0 Å². The Bertz CT molecular complexity index is 38.7. The third kappa shape index (κ3) is 85.8. The second kappa shape index (κ2) is 22.5. The van der Waals surface area contributed by atoms with E-state index in [1.807, 2.05) is 36.1 Å². The van der Waals surface area contributed by atoms with E-state index in [-0.39, 0.29) is 6.10 Å². The molecule has 0 aromatic carbocycles. The van der Waals surface area contributed by atoms with Crippen molar-refractivity contribution in [3.05, 3.63) is 0 Å². The molecule has 0 amide bonds. The van der Waals surface area contributed by atoms with Gasteiger partial charge in [-0.2, -0.15) is 0 Å². The van der Waals surface area contributed by atoms with Crippen LogP contribution in [0.3, 0.4) is 0 Å². The predicted molar refractivity (Wildman–Crippen MR) is 50.9 cm³/mol. The van der Waals surface area contributed by atoms with E-state index in [1.165, 1.54) is 0 Å². The van der Waals surface area contributed by atoms with Crippen molar-refractivity contribution in [3.8, 4) is 0 Å². The van der Waals surface area contributed by atoms with Crippen LogP contribution in [0.4, 0.5) is 0 Å². The monoisotopic (exact) mass is 182 g/mol. The van der Waals surface area contributed by atoms with Crippen LogP contribution in [0.1, 0.15) is 33.6 Å². The Morgan fingerprint density at radius 3 is 1.55 bits per heavy atom. The van der Waals surface area contributed by atoms with Gasteiger partial charge in [0.05, 0.1) is 0 Å². The van der Waals surface area contributed by atoms with Crippen LogP contribution in [0.2, 0.25) is 0 Å². The largest absolute Gasteiger partial charge is 2.00 e. The van der Waals surface area contributed by atoms with E-state index in [4.69, 9.17) is 10.2 Å². The van der Waals surface area contributed by atoms with Crippen LogP contribution in [0.25, 0.3) is 0 Å². The lowest BCUT2D eigenvalue weighted by molar-refractivity contribution is 0.216. The maximum absolute atomic E-state index is 8.07. The van der Waals surface area contributed by atoms with Gasteiger partial charge < -0.3 is 10.2 Å². The minimum Gasteiger partial charge on any atom is -0.396 e. The molecule has 0 spiro atoms. The van der Waals surface area contributed by atoms with Gasteiger partial charge >= 0.3 is 36.1 Å². The minimum atomic E-state index is -0.167. The van der Waals surface area contributed by atoms with Crippen molar-refractivity contribution in [2.45, 2.75) is 39.7 Å². The fraction of sp³-hybridized carbons (Fsp3) is 1.00. The molecule has 14 radical (unpaired) electrons. The van der Waals surface area contributed by atoms with Gasteiger partial charge in [-0.15, -0.1) is 0 Å². The first-order chi connectivity index (χ1) is 5.15. The fourth-order valence-corrected chi connectivity index (χ4v) is 0.158. The third-order valence-electron chi connectivity index (χ3n) is 0.512. The molecule has 0 aromatic rings. The normalized spacial score (nSPS) is 7.64. The standard InChI is InChI=1S/C4H10O.C3H8O.2Mg/c1-2-3-4-5;1-3(2)4;;/h5H,2-4H2,1H3;3-4H,1-2H3;;/q;;2*+2. The van der Waals surface area contributed by atoms with Crippen molar-refractivity contribution in [3.63, 3.8) is 0 Å². The van der Waals surface area contributed by atoms with Crippen molar-refractivity contribution < 1.29 is 10.2 Å². The fourth-order valence-electron chi connectivity index (χ4n) is 0.158. The summed E-state index contributed by atoms with van der Waals surface area (Å²) in [5, 5.41) is 16.1. The van der Waals surface area contributed by atoms with Crippen molar-refractivity contribution in [1.82, 2.24) is 0 Å². The number of aliphatic hydroxyl groups excluding tert-OH is 2. The van der Waals surface area contributed by atoms with Gasteiger partial charge in [0, 0.05) is 12.7 Å². The molecule has 0 unspecified atom stereocenters. The van der Waals surface area contributed by atoms with E-state index < -0.39 is 0 Å². The van der Waals surface area contributed by atoms with Crippen LogP contribution in [0.5, 0.6) is 0 Å². The molecule has 0 aliphatic carbocycles. The van der Waals surface area contributed by atoms with E-state index >= 15 is 0 Å². The van der Waals surface area contributed by atoms with E-state index in [2.05, 4.69) is 6.92 Å². The van der Waals surface area contributed by atoms with Gasteiger partial charge in [0.25, 0.3) is 0 Å². The molecule has 2 N–H and O–H groups in total. The second-order valence-corrected chi connectivity index (χ2v) is 2.17. The lowest BCUT2D eigenvalue weighted by Crippen LogP contribution is -1.85. The van der Waals surface area contributed by atoms with Gasteiger partial charge in [-0.25, -0.2) is 0 Å². The van der Waals surface area contributed by atoms with Crippen LogP contribution in [0.15, 0.2) is 0 Å². The predicted octanol–water partition coefficient (Wildman–Crippen LogP) is 0.404. The summed E-state index contributed by atoms with van der Waals surface area (Å²) in [4.78, 5) is 0. The Balaban J connectivity index is -0.0000000965. The summed E-state index contributed by atoms with van der Waals surface area (Å²) in [6.07, 6.45) is 1.87. The molecular formula is C7H18Mg2O2+4. The zero-order chi connectivity index (χ0) is 9.70. The molecule has 0 fully saturated rings. The average Bonchev–Trinajstić information content (AvgIpc) is 1.93. The van der Waals surface area contributed by atoms with Crippen LogP contribution < -0.4 is 0 Å². The minimum absolute atomic E-state index is 0.167. The van der Waals surface area contributed by atoms with E-state index in [0.717, 1.165) is 12.8 Å². The first-order valence-electron chi connectivity index (χ1n) is 3.94. The van der Waals surface area contributed by atoms with Gasteiger partial charge in [-0.05, 0) is 20.3 Å². The van der Waals surface area contributed by atoms with Crippen molar-refractivity contribution >= 4 is 36.1 Å². The van der Waals surface area contributed by atoms with Crippen molar-refractivity contribution in [1.29, 1.82) is 0 Å². The SMILES string of the molecule is CC(C)O.CCCCO.[Mg+2][Mg+2]. The second-order valence-electron chi connectivity index (χ2n) is 2.17. The summed E-state index contributed by atoms with van der Waals surface area (Å²) in [5.74, 6) is 0. The molecule has 0 aliphatic heterocycles. The highest BCUT2D eigenvalue weighted by Gasteiger charge is 3.00. The third-order valence-corrected chi connectivity index (χ3v) is 0.512. The molecule has 58 valence electrons. The summed E-state index contributed by atoms with van der Waals surface area (Å²) < 4.78 is 0. The first kappa shape index (κ1) is 18.3. The summed E-state index contributed by atoms with van der Waals surface area (Å²) in [7, 11) is 0. The molecule has 2 nitrogen and oxygen atoms in total. The van der Waals surface area contributed by atoms with Gasteiger partial charge in [-0.1, -0.05) is 13.3 Å². The van der Waals surface area contributed by atoms with Crippen LogP contribution in [-0.2, 0) is 0 Å². The van der Waals surface area contributed by atoms with Crippen LogP contribution >= 0.6 is 0 Å². The molecule has 0 atom stereocenters. The Morgan fingerprint density at radius 2 is 1.55 bits per heavy atom. The van der Waals surface area contributed by atoms with E-state index in [0.29, 0.717) is 6.61 Å². The molecular weight excluding hydrogens is 165 g/mol. The van der Waals surface area contributed by atoms with Gasteiger partial charge in [0.1, 0.15) is 0 Å². The summed E-state index contributed by atoms with van der Waals surface area (Å²) in [6.45, 7) is 5.84. The van der Waals surface area contributed by atoms with Crippen LogP contribution in [-0.4, -0.2) is 59.0 Å². The quantitative estimate of drug-likeness (QED) is 0.608. The molecule has 0 rings (SSSR count). The average molecular weight is 183 g/mol.